The highest BCUT2D eigenvalue weighted by atomic mass is 79.9. The molecule has 1 N–H and O–H groups in total. The number of hydrogen-bond acceptors (Lipinski definition) is 2. The Bertz CT molecular complexity index is 351. The molecule has 1 aromatic rings. The van der Waals surface area contributed by atoms with Crippen LogP contribution in [0.3, 0.4) is 0 Å². The van der Waals surface area contributed by atoms with Crippen molar-refractivity contribution in [2.45, 2.75) is 25.3 Å². The second kappa shape index (κ2) is 5.64. The van der Waals surface area contributed by atoms with Crippen LogP contribution in [0.4, 0.5) is 10.1 Å². The van der Waals surface area contributed by atoms with E-state index >= 15 is 0 Å². The van der Waals surface area contributed by atoms with Crippen LogP contribution < -0.4 is 5.32 Å². The first-order valence-electron chi connectivity index (χ1n) is 5.55. The third-order valence-corrected chi connectivity index (χ3v) is 3.24. The highest BCUT2D eigenvalue weighted by molar-refractivity contribution is 9.10. The molecule has 1 atom stereocenters. The quantitative estimate of drug-likeness (QED) is 0.898. The number of benzene rings is 1. The molecule has 0 bridgehead atoms. The third-order valence-electron chi connectivity index (χ3n) is 2.74. The lowest BCUT2D eigenvalue weighted by Crippen LogP contribution is -2.20. The molecule has 0 radical (unpaired) electrons. The molecule has 1 aromatic carbocycles. The van der Waals surface area contributed by atoms with Crippen LogP contribution in [0.2, 0.25) is 0 Å². The molecule has 1 fully saturated rings. The van der Waals surface area contributed by atoms with Gasteiger partial charge in [0.1, 0.15) is 5.82 Å². The van der Waals surface area contributed by atoms with E-state index in [0.717, 1.165) is 36.9 Å². The van der Waals surface area contributed by atoms with Crippen molar-refractivity contribution in [1.29, 1.82) is 0 Å². The molecular weight excluding hydrogens is 273 g/mol. The smallest absolute Gasteiger partial charge is 0.147 e. The molecule has 16 heavy (non-hydrogen) atoms. The molecule has 0 aliphatic carbocycles. The van der Waals surface area contributed by atoms with E-state index in [-0.39, 0.29) is 5.82 Å². The van der Waals surface area contributed by atoms with Gasteiger partial charge in [-0.05, 0) is 37.5 Å². The fraction of sp³-hybridized carbons (Fsp3) is 0.500. The molecule has 2 rings (SSSR count). The van der Waals surface area contributed by atoms with E-state index in [4.69, 9.17) is 4.74 Å². The Kier molecular flexibility index (Phi) is 4.18. The largest absolute Gasteiger partial charge is 0.381 e. The number of rotatable bonds is 2. The molecule has 1 aliphatic heterocycles. The average Bonchev–Trinajstić information content (AvgIpc) is 2.51. The topological polar surface area (TPSA) is 21.3 Å². The molecule has 1 heterocycles. The summed E-state index contributed by atoms with van der Waals surface area (Å²) in [6.07, 6.45) is 3.01. The maximum Gasteiger partial charge on any atom is 0.147 e. The second-order valence-electron chi connectivity index (χ2n) is 4.01. The SMILES string of the molecule is Fc1cc(Br)ccc1NC1CCCOCC1. The third kappa shape index (κ3) is 3.19. The number of ether oxygens (including phenoxy) is 1. The van der Waals surface area contributed by atoms with Crippen molar-refractivity contribution < 1.29 is 9.13 Å². The summed E-state index contributed by atoms with van der Waals surface area (Å²) >= 11 is 3.25. The lowest BCUT2D eigenvalue weighted by molar-refractivity contribution is 0.144. The van der Waals surface area contributed by atoms with Crippen LogP contribution in [0.25, 0.3) is 0 Å². The van der Waals surface area contributed by atoms with Gasteiger partial charge in [-0.2, -0.15) is 0 Å². The predicted octanol–water partition coefficient (Wildman–Crippen LogP) is 3.57. The summed E-state index contributed by atoms with van der Waals surface area (Å²) < 4.78 is 19.7. The van der Waals surface area contributed by atoms with Gasteiger partial charge in [0.25, 0.3) is 0 Å². The molecule has 1 unspecified atom stereocenters. The monoisotopic (exact) mass is 287 g/mol. The molecule has 4 heteroatoms. The van der Waals surface area contributed by atoms with Crippen molar-refractivity contribution in [2.24, 2.45) is 0 Å². The number of halogens is 2. The number of hydrogen-bond donors (Lipinski definition) is 1. The zero-order chi connectivity index (χ0) is 11.4. The summed E-state index contributed by atoms with van der Waals surface area (Å²) in [7, 11) is 0. The van der Waals surface area contributed by atoms with E-state index in [1.165, 1.54) is 6.07 Å². The van der Waals surface area contributed by atoms with Gasteiger partial charge in [-0.15, -0.1) is 0 Å². The summed E-state index contributed by atoms with van der Waals surface area (Å²) in [6.45, 7) is 1.58. The molecular formula is C12H15BrFNO. The summed E-state index contributed by atoms with van der Waals surface area (Å²) in [4.78, 5) is 0. The van der Waals surface area contributed by atoms with Crippen LogP contribution in [0.15, 0.2) is 22.7 Å². The molecule has 0 saturated carbocycles. The van der Waals surface area contributed by atoms with Crippen LogP contribution in [0, 0.1) is 5.82 Å². The summed E-state index contributed by atoms with van der Waals surface area (Å²) in [5.41, 5.74) is 0.579. The van der Waals surface area contributed by atoms with Crippen LogP contribution in [-0.4, -0.2) is 19.3 Å². The minimum atomic E-state index is -0.209. The highest BCUT2D eigenvalue weighted by Gasteiger charge is 2.13. The predicted molar refractivity (Wildman–Crippen MR) is 66.2 cm³/mol. The van der Waals surface area contributed by atoms with Crippen molar-refractivity contribution in [3.05, 3.63) is 28.5 Å². The van der Waals surface area contributed by atoms with Gasteiger partial charge < -0.3 is 10.1 Å². The Morgan fingerprint density at radius 3 is 3.00 bits per heavy atom. The summed E-state index contributed by atoms with van der Waals surface area (Å²) in [5.74, 6) is -0.209. The van der Waals surface area contributed by atoms with Crippen LogP contribution in [-0.2, 0) is 4.74 Å². The Morgan fingerprint density at radius 1 is 1.31 bits per heavy atom. The van der Waals surface area contributed by atoms with E-state index in [2.05, 4.69) is 21.2 Å². The molecule has 88 valence electrons. The summed E-state index contributed by atoms with van der Waals surface area (Å²) in [5, 5.41) is 3.24. The van der Waals surface area contributed by atoms with Crippen molar-refractivity contribution in [2.75, 3.05) is 18.5 Å². The molecule has 1 saturated heterocycles. The molecule has 0 spiro atoms. The van der Waals surface area contributed by atoms with E-state index in [1.54, 1.807) is 6.07 Å². The van der Waals surface area contributed by atoms with Gasteiger partial charge in [0.2, 0.25) is 0 Å². The maximum absolute atomic E-state index is 13.6. The number of nitrogens with one attached hydrogen (secondary N) is 1. The van der Waals surface area contributed by atoms with Crippen LogP contribution in [0.5, 0.6) is 0 Å². The van der Waals surface area contributed by atoms with Gasteiger partial charge in [0.15, 0.2) is 0 Å². The fourth-order valence-electron chi connectivity index (χ4n) is 1.87. The Hall–Kier alpha value is -0.610. The van der Waals surface area contributed by atoms with Gasteiger partial charge >= 0.3 is 0 Å². The van der Waals surface area contributed by atoms with E-state index in [1.807, 2.05) is 6.07 Å². The maximum atomic E-state index is 13.6. The van der Waals surface area contributed by atoms with Crippen molar-refractivity contribution in [3.8, 4) is 0 Å². The lowest BCUT2D eigenvalue weighted by atomic mass is 10.1. The first-order chi connectivity index (χ1) is 7.75. The minimum absolute atomic E-state index is 0.209. The van der Waals surface area contributed by atoms with Crippen LogP contribution >= 0.6 is 15.9 Å². The molecule has 1 aliphatic rings. The lowest BCUT2D eigenvalue weighted by Gasteiger charge is -2.17. The standard InChI is InChI=1S/C12H15BrFNO/c13-9-3-4-12(11(14)8-9)15-10-2-1-6-16-7-5-10/h3-4,8,10,15H,1-2,5-7H2. The van der Waals surface area contributed by atoms with Gasteiger partial charge in [0, 0.05) is 23.7 Å². The van der Waals surface area contributed by atoms with E-state index in [0.29, 0.717) is 11.7 Å². The fourth-order valence-corrected chi connectivity index (χ4v) is 2.21. The highest BCUT2D eigenvalue weighted by Crippen LogP contribution is 2.22. The summed E-state index contributed by atoms with van der Waals surface area (Å²) in [6, 6.07) is 5.41. The molecule has 0 amide bonds. The second-order valence-corrected chi connectivity index (χ2v) is 4.92. The van der Waals surface area contributed by atoms with E-state index < -0.39 is 0 Å². The van der Waals surface area contributed by atoms with Gasteiger partial charge in [-0.1, -0.05) is 15.9 Å². The van der Waals surface area contributed by atoms with Gasteiger partial charge in [-0.25, -0.2) is 4.39 Å². The Balaban J connectivity index is 2.01. The van der Waals surface area contributed by atoms with Gasteiger partial charge in [0.05, 0.1) is 5.69 Å². The zero-order valence-electron chi connectivity index (χ0n) is 9.01. The first kappa shape index (κ1) is 11.9. The average molecular weight is 288 g/mol. The van der Waals surface area contributed by atoms with Crippen molar-refractivity contribution in [3.63, 3.8) is 0 Å². The molecule has 2 nitrogen and oxygen atoms in total. The Labute approximate surface area is 103 Å². The van der Waals surface area contributed by atoms with Crippen LogP contribution in [0.1, 0.15) is 19.3 Å². The van der Waals surface area contributed by atoms with E-state index in [9.17, 15) is 4.39 Å². The molecule has 0 aromatic heterocycles. The van der Waals surface area contributed by atoms with Gasteiger partial charge in [-0.3, -0.25) is 0 Å². The first-order valence-corrected chi connectivity index (χ1v) is 6.34. The normalized spacial score (nSPS) is 21.5. The van der Waals surface area contributed by atoms with Crippen molar-refractivity contribution in [1.82, 2.24) is 0 Å². The number of anilines is 1. The minimum Gasteiger partial charge on any atom is -0.381 e. The Morgan fingerprint density at radius 2 is 2.19 bits per heavy atom. The zero-order valence-corrected chi connectivity index (χ0v) is 10.6. The van der Waals surface area contributed by atoms with Crippen molar-refractivity contribution >= 4 is 21.6 Å².